The summed E-state index contributed by atoms with van der Waals surface area (Å²) in [5.41, 5.74) is 4.93. The van der Waals surface area contributed by atoms with E-state index in [1.165, 1.54) is 11.0 Å². The molecule has 2 saturated heterocycles. The van der Waals surface area contributed by atoms with Gasteiger partial charge in [-0.1, -0.05) is 103 Å². The summed E-state index contributed by atoms with van der Waals surface area (Å²) in [6, 6.07) is 44.2. The number of hydrogen-bond acceptors (Lipinski definition) is 11. The van der Waals surface area contributed by atoms with E-state index in [4.69, 9.17) is 14.2 Å². The number of anilines is 4. The lowest BCUT2D eigenvalue weighted by molar-refractivity contribution is -0.144. The van der Waals surface area contributed by atoms with Gasteiger partial charge in [-0.15, -0.1) is 0 Å². The van der Waals surface area contributed by atoms with Gasteiger partial charge in [0.25, 0.3) is 20.0 Å². The van der Waals surface area contributed by atoms with Crippen LogP contribution in [-0.4, -0.2) is 98.2 Å². The van der Waals surface area contributed by atoms with Gasteiger partial charge in [-0.3, -0.25) is 23.9 Å². The van der Waals surface area contributed by atoms with E-state index in [-0.39, 0.29) is 41.4 Å². The molecule has 3 amide bonds. The average molecular weight is 985 g/mol. The highest BCUT2D eigenvalue weighted by molar-refractivity contribution is 7.93. The van der Waals surface area contributed by atoms with Crippen LogP contribution in [0.15, 0.2) is 161 Å². The van der Waals surface area contributed by atoms with Crippen molar-refractivity contribution in [3.63, 3.8) is 0 Å². The Balaban J connectivity index is 0.000000196. The number of morpholine rings is 2. The zero-order chi connectivity index (χ0) is 49.3. The third-order valence-electron chi connectivity index (χ3n) is 11.8. The molecule has 2 heterocycles. The Morgan fingerprint density at radius 2 is 1.04 bits per heavy atom. The first-order valence-electron chi connectivity index (χ1n) is 22.4. The number of benzene rings is 7. The molecule has 0 unspecified atom stereocenters. The zero-order valence-electron chi connectivity index (χ0n) is 38.5. The Hall–Kier alpha value is -7.51. The molecule has 9 rings (SSSR count). The van der Waals surface area contributed by atoms with E-state index in [2.05, 4.69) is 14.8 Å². The van der Waals surface area contributed by atoms with Crippen LogP contribution in [0, 0.1) is 0 Å². The monoisotopic (exact) mass is 984 g/mol. The maximum Gasteiger partial charge on any atom is 0.414 e. The van der Waals surface area contributed by atoms with Crippen LogP contribution in [0.25, 0.3) is 21.5 Å². The molecule has 7 aromatic carbocycles. The highest BCUT2D eigenvalue weighted by Crippen LogP contribution is 2.33. The van der Waals surface area contributed by atoms with Crippen LogP contribution < -0.4 is 19.7 Å². The van der Waals surface area contributed by atoms with Crippen molar-refractivity contribution >= 4 is 82.2 Å². The van der Waals surface area contributed by atoms with E-state index in [0.29, 0.717) is 72.6 Å². The van der Waals surface area contributed by atoms with E-state index in [1.807, 2.05) is 60.7 Å². The standard InChI is InChI=1S/C30H29N3O6S.C22H23N3O4S/c1-32(30(35)39-20-23-7-3-2-4-8-23)27-11-5-10-26-25(27)9-6-12-28(26)40(36,37)31-24-15-13-22(14-16-24)19-33-17-18-38-21-29(33)34;1-23-20-6-2-5-19-18(20)4-3-7-21(19)30(27,28)24-17-10-8-16(9-11-17)14-25-12-13-29-15-22(25)26/h2-16,31H,17-21H2,1H3;2-11,23-24H,12-15H2,1H3. The van der Waals surface area contributed by atoms with Crippen LogP contribution in [0.2, 0.25) is 0 Å². The molecule has 0 saturated carbocycles. The third-order valence-corrected chi connectivity index (χ3v) is 14.6. The number of amides is 3. The number of carbonyl (C=O) groups excluding carboxylic acids is 3. The Morgan fingerprint density at radius 1 is 0.571 bits per heavy atom. The van der Waals surface area contributed by atoms with Gasteiger partial charge in [-0.05, 0) is 65.2 Å². The molecule has 0 aliphatic carbocycles. The van der Waals surface area contributed by atoms with Gasteiger partial charge in [0.05, 0.1) is 28.7 Å². The molecule has 16 nitrogen and oxygen atoms in total. The van der Waals surface area contributed by atoms with Gasteiger partial charge in [-0.2, -0.15) is 0 Å². The molecule has 2 fully saturated rings. The minimum absolute atomic E-state index is 0.0390. The summed E-state index contributed by atoms with van der Waals surface area (Å²) >= 11 is 0. The number of hydrogen-bond donors (Lipinski definition) is 3. The quantitative estimate of drug-likeness (QED) is 0.0963. The van der Waals surface area contributed by atoms with E-state index >= 15 is 0 Å². The van der Waals surface area contributed by atoms with Gasteiger partial charge in [0.2, 0.25) is 11.8 Å². The average Bonchev–Trinajstić information content (AvgIpc) is 3.37. The van der Waals surface area contributed by atoms with Gasteiger partial charge in [0.1, 0.15) is 19.8 Å². The lowest BCUT2D eigenvalue weighted by Gasteiger charge is -2.26. The number of nitrogens with one attached hydrogen (secondary N) is 3. The number of carbonyl (C=O) groups is 3. The molecule has 362 valence electrons. The normalized spacial score (nSPS) is 14.1. The van der Waals surface area contributed by atoms with Gasteiger partial charge in [-0.25, -0.2) is 21.6 Å². The summed E-state index contributed by atoms with van der Waals surface area (Å²) in [4.78, 5) is 41.8. The van der Waals surface area contributed by atoms with Gasteiger partial charge >= 0.3 is 6.09 Å². The number of ether oxygens (including phenoxy) is 3. The summed E-state index contributed by atoms with van der Waals surface area (Å²) in [5.74, 6) is -0.107. The first kappa shape index (κ1) is 48.9. The summed E-state index contributed by atoms with van der Waals surface area (Å²) < 4.78 is 74.1. The molecule has 2 aliphatic rings. The second-order valence-corrected chi connectivity index (χ2v) is 19.8. The maximum atomic E-state index is 13.5. The molecule has 0 atom stereocenters. The summed E-state index contributed by atoms with van der Waals surface area (Å²) in [7, 11) is -4.34. The molecular formula is C52H52N6O10S2. The number of rotatable bonds is 14. The minimum Gasteiger partial charge on any atom is -0.444 e. The van der Waals surface area contributed by atoms with Crippen molar-refractivity contribution in [3.8, 4) is 0 Å². The molecule has 3 N–H and O–H groups in total. The largest absolute Gasteiger partial charge is 0.444 e. The van der Waals surface area contributed by atoms with E-state index < -0.39 is 26.1 Å². The van der Waals surface area contributed by atoms with Crippen molar-refractivity contribution in [3.05, 3.63) is 168 Å². The molecule has 0 spiro atoms. The third kappa shape index (κ3) is 11.7. The Morgan fingerprint density at radius 3 is 1.56 bits per heavy atom. The van der Waals surface area contributed by atoms with E-state index in [0.717, 1.165) is 27.8 Å². The summed E-state index contributed by atoms with van der Waals surface area (Å²) in [6.45, 7) is 3.34. The highest BCUT2D eigenvalue weighted by Gasteiger charge is 2.24. The lowest BCUT2D eigenvalue weighted by Crippen LogP contribution is -2.40. The molecular weight excluding hydrogens is 933 g/mol. The fourth-order valence-electron chi connectivity index (χ4n) is 8.09. The number of sulfonamides is 2. The van der Waals surface area contributed by atoms with Crippen LogP contribution in [0.5, 0.6) is 0 Å². The Bertz CT molecular complexity index is 3230. The molecule has 18 heteroatoms. The van der Waals surface area contributed by atoms with Crippen LogP contribution >= 0.6 is 0 Å². The minimum atomic E-state index is -3.96. The van der Waals surface area contributed by atoms with Crippen molar-refractivity contribution in [2.45, 2.75) is 29.5 Å². The molecule has 0 aromatic heterocycles. The lowest BCUT2D eigenvalue weighted by atomic mass is 10.1. The number of nitrogens with zero attached hydrogens (tertiary/aromatic N) is 3. The first-order valence-corrected chi connectivity index (χ1v) is 25.4. The summed E-state index contributed by atoms with van der Waals surface area (Å²) in [6.07, 6.45) is -0.554. The van der Waals surface area contributed by atoms with Crippen LogP contribution in [0.1, 0.15) is 16.7 Å². The molecule has 70 heavy (non-hydrogen) atoms. The van der Waals surface area contributed by atoms with Crippen LogP contribution in [-0.2, 0) is 63.5 Å². The van der Waals surface area contributed by atoms with E-state index in [1.54, 1.807) is 109 Å². The van der Waals surface area contributed by atoms with Crippen molar-refractivity contribution in [1.29, 1.82) is 0 Å². The Kier molecular flexibility index (Phi) is 15.3. The van der Waals surface area contributed by atoms with Crippen LogP contribution in [0.3, 0.4) is 0 Å². The number of fused-ring (bicyclic) bond motifs is 2. The second kappa shape index (κ2) is 21.8. The highest BCUT2D eigenvalue weighted by atomic mass is 32.2. The molecule has 0 radical (unpaired) electrons. The summed E-state index contributed by atoms with van der Waals surface area (Å²) in [5, 5.41) is 5.65. The molecule has 2 aliphatic heterocycles. The van der Waals surface area contributed by atoms with Crippen LogP contribution in [0.4, 0.5) is 27.5 Å². The maximum absolute atomic E-state index is 13.5. The molecule has 0 bridgehead atoms. The Labute approximate surface area is 406 Å². The predicted molar refractivity (Wildman–Crippen MR) is 269 cm³/mol. The van der Waals surface area contributed by atoms with Crippen molar-refractivity contribution in [2.24, 2.45) is 0 Å². The fraction of sp³-hybridized carbons (Fsp3) is 0.212. The van der Waals surface area contributed by atoms with Crippen molar-refractivity contribution in [1.82, 2.24) is 9.80 Å². The SMILES string of the molecule is CN(C(=O)OCc1ccccc1)c1cccc2c(S(=O)(=O)Nc3ccc(CN4CCOCC4=O)cc3)cccc12.CNc1cccc2c(S(=O)(=O)Nc3ccc(CN4CCOCC4=O)cc3)cccc12. The predicted octanol–water partition coefficient (Wildman–Crippen LogP) is 7.81. The van der Waals surface area contributed by atoms with Gasteiger partial charge in [0.15, 0.2) is 0 Å². The van der Waals surface area contributed by atoms with E-state index in [9.17, 15) is 31.2 Å². The second-order valence-electron chi connectivity index (χ2n) is 16.5. The fourth-order valence-corrected chi connectivity index (χ4v) is 10.7. The van der Waals surface area contributed by atoms with Gasteiger partial charge in [0, 0.05) is 78.9 Å². The van der Waals surface area contributed by atoms with Crippen molar-refractivity contribution < 1.29 is 45.4 Å². The topological polar surface area (TPSA) is 193 Å². The smallest absolute Gasteiger partial charge is 0.414 e. The van der Waals surface area contributed by atoms with Gasteiger partial charge < -0.3 is 29.3 Å². The molecule has 7 aromatic rings. The first-order chi connectivity index (χ1) is 33.8. The zero-order valence-corrected chi connectivity index (χ0v) is 40.2. The van der Waals surface area contributed by atoms with Crippen molar-refractivity contribution in [2.75, 3.05) is 73.3 Å².